The number of thiophene rings is 1. The first-order valence-corrected chi connectivity index (χ1v) is 9.90. The van der Waals surface area contributed by atoms with Crippen LogP contribution in [0.2, 0.25) is 0 Å². The van der Waals surface area contributed by atoms with Gasteiger partial charge < -0.3 is 9.73 Å². The average molecular weight is 395 g/mol. The Bertz CT molecular complexity index is 928. The number of hydrogen-bond acceptors (Lipinski definition) is 7. The summed E-state index contributed by atoms with van der Waals surface area (Å²) in [7, 11) is 0. The SMILES string of the molecule is CCCN(CC(=O)Nc1ccc(CC#N)cc1)Cc1nnc(-c2cccs2)o1. The number of nitrogens with zero attached hydrogens (tertiary/aromatic N) is 4. The van der Waals surface area contributed by atoms with E-state index in [9.17, 15) is 4.79 Å². The Morgan fingerprint density at radius 2 is 2.11 bits per heavy atom. The number of carbonyl (C=O) groups is 1. The maximum atomic E-state index is 12.4. The summed E-state index contributed by atoms with van der Waals surface area (Å²) in [5, 5.41) is 21.8. The summed E-state index contributed by atoms with van der Waals surface area (Å²) >= 11 is 1.54. The Hall–Kier alpha value is -3.02. The van der Waals surface area contributed by atoms with E-state index in [0.29, 0.717) is 30.4 Å². The molecule has 0 radical (unpaired) electrons. The second-order valence-corrected chi connectivity index (χ2v) is 7.22. The Balaban J connectivity index is 1.57. The minimum atomic E-state index is -0.112. The number of carbonyl (C=O) groups excluding carboxylic acids is 1. The van der Waals surface area contributed by atoms with E-state index in [1.54, 1.807) is 23.5 Å². The van der Waals surface area contributed by atoms with Crippen LogP contribution in [0.15, 0.2) is 46.2 Å². The number of nitriles is 1. The van der Waals surface area contributed by atoms with Crippen LogP contribution in [0.25, 0.3) is 10.8 Å². The van der Waals surface area contributed by atoms with E-state index in [1.165, 1.54) is 0 Å². The molecule has 0 spiro atoms. The summed E-state index contributed by atoms with van der Waals surface area (Å²) in [6.45, 7) is 3.44. The minimum Gasteiger partial charge on any atom is -0.419 e. The summed E-state index contributed by atoms with van der Waals surface area (Å²) in [6.07, 6.45) is 1.26. The fraction of sp³-hybridized carbons (Fsp3) is 0.300. The molecule has 0 bridgehead atoms. The van der Waals surface area contributed by atoms with Crippen LogP contribution in [0, 0.1) is 11.3 Å². The van der Waals surface area contributed by atoms with Crippen molar-refractivity contribution in [3.63, 3.8) is 0 Å². The quantitative estimate of drug-likeness (QED) is 0.593. The van der Waals surface area contributed by atoms with Crippen molar-refractivity contribution in [2.24, 2.45) is 0 Å². The highest BCUT2D eigenvalue weighted by atomic mass is 32.1. The van der Waals surface area contributed by atoms with E-state index >= 15 is 0 Å². The van der Waals surface area contributed by atoms with Gasteiger partial charge in [0.15, 0.2) is 0 Å². The first-order valence-electron chi connectivity index (χ1n) is 9.02. The predicted molar refractivity (Wildman–Crippen MR) is 108 cm³/mol. The monoisotopic (exact) mass is 395 g/mol. The zero-order valence-electron chi connectivity index (χ0n) is 15.6. The van der Waals surface area contributed by atoms with Crippen molar-refractivity contribution in [2.75, 3.05) is 18.4 Å². The molecule has 7 nitrogen and oxygen atoms in total. The van der Waals surface area contributed by atoms with Crippen molar-refractivity contribution in [1.82, 2.24) is 15.1 Å². The van der Waals surface area contributed by atoms with Crippen LogP contribution in [-0.2, 0) is 17.8 Å². The Kier molecular flexibility index (Phi) is 6.89. The highest BCUT2D eigenvalue weighted by Gasteiger charge is 2.16. The normalized spacial score (nSPS) is 10.8. The van der Waals surface area contributed by atoms with Gasteiger partial charge in [-0.1, -0.05) is 25.1 Å². The molecule has 8 heteroatoms. The molecule has 2 heterocycles. The van der Waals surface area contributed by atoms with E-state index < -0.39 is 0 Å². The summed E-state index contributed by atoms with van der Waals surface area (Å²) < 4.78 is 5.73. The lowest BCUT2D eigenvalue weighted by Gasteiger charge is -2.19. The van der Waals surface area contributed by atoms with Gasteiger partial charge >= 0.3 is 0 Å². The third-order valence-corrected chi connectivity index (χ3v) is 4.84. The van der Waals surface area contributed by atoms with Crippen molar-refractivity contribution in [2.45, 2.75) is 26.3 Å². The number of hydrogen-bond donors (Lipinski definition) is 1. The number of anilines is 1. The maximum Gasteiger partial charge on any atom is 0.257 e. The van der Waals surface area contributed by atoms with Crippen molar-refractivity contribution in [3.05, 3.63) is 53.2 Å². The molecule has 0 aliphatic rings. The van der Waals surface area contributed by atoms with Gasteiger partial charge in [-0.05, 0) is 42.1 Å². The second kappa shape index (κ2) is 9.78. The highest BCUT2D eigenvalue weighted by Crippen LogP contribution is 2.23. The molecule has 1 aromatic carbocycles. The third-order valence-electron chi connectivity index (χ3n) is 3.99. The molecule has 0 aliphatic carbocycles. The summed E-state index contributed by atoms with van der Waals surface area (Å²) in [5.41, 5.74) is 1.63. The van der Waals surface area contributed by atoms with Crippen molar-refractivity contribution in [1.29, 1.82) is 5.26 Å². The van der Waals surface area contributed by atoms with Crippen LogP contribution in [-0.4, -0.2) is 34.1 Å². The zero-order chi connectivity index (χ0) is 19.8. The van der Waals surface area contributed by atoms with Crippen molar-refractivity contribution < 1.29 is 9.21 Å². The molecule has 0 unspecified atom stereocenters. The van der Waals surface area contributed by atoms with Gasteiger partial charge in [0.2, 0.25) is 11.8 Å². The van der Waals surface area contributed by atoms with Crippen LogP contribution in [0.1, 0.15) is 24.8 Å². The zero-order valence-corrected chi connectivity index (χ0v) is 16.4. The smallest absolute Gasteiger partial charge is 0.257 e. The molecule has 144 valence electrons. The molecule has 3 aromatic rings. The first-order chi connectivity index (χ1) is 13.7. The molecule has 1 N–H and O–H groups in total. The van der Waals surface area contributed by atoms with Crippen LogP contribution >= 0.6 is 11.3 Å². The molecule has 2 aromatic heterocycles. The Morgan fingerprint density at radius 1 is 1.29 bits per heavy atom. The molecule has 0 fully saturated rings. The van der Waals surface area contributed by atoms with Gasteiger partial charge in [-0.3, -0.25) is 9.69 Å². The van der Waals surface area contributed by atoms with Gasteiger partial charge in [0.25, 0.3) is 5.89 Å². The maximum absolute atomic E-state index is 12.4. The van der Waals surface area contributed by atoms with Gasteiger partial charge in [0.05, 0.1) is 30.5 Å². The largest absolute Gasteiger partial charge is 0.419 e. The number of amides is 1. The number of aromatic nitrogens is 2. The lowest BCUT2D eigenvalue weighted by Crippen LogP contribution is -2.33. The van der Waals surface area contributed by atoms with Gasteiger partial charge in [-0.25, -0.2) is 0 Å². The van der Waals surface area contributed by atoms with Crippen molar-refractivity contribution in [3.8, 4) is 16.8 Å². The van der Waals surface area contributed by atoms with Crippen LogP contribution in [0.4, 0.5) is 5.69 Å². The number of nitrogens with one attached hydrogen (secondary N) is 1. The van der Waals surface area contributed by atoms with Gasteiger partial charge in [0, 0.05) is 5.69 Å². The van der Waals surface area contributed by atoms with Crippen molar-refractivity contribution >= 4 is 22.9 Å². The fourth-order valence-electron chi connectivity index (χ4n) is 2.74. The second-order valence-electron chi connectivity index (χ2n) is 6.27. The van der Waals surface area contributed by atoms with E-state index in [2.05, 4.69) is 28.5 Å². The fourth-order valence-corrected chi connectivity index (χ4v) is 3.38. The van der Waals surface area contributed by atoms with Crippen LogP contribution < -0.4 is 5.32 Å². The molecule has 0 aliphatic heterocycles. The molecule has 0 saturated carbocycles. The Labute approximate surface area is 167 Å². The number of benzene rings is 1. The molecule has 0 saturated heterocycles. The average Bonchev–Trinajstić information content (AvgIpc) is 3.35. The highest BCUT2D eigenvalue weighted by molar-refractivity contribution is 7.13. The Morgan fingerprint density at radius 3 is 2.79 bits per heavy atom. The molecule has 28 heavy (non-hydrogen) atoms. The van der Waals surface area contributed by atoms with E-state index in [0.717, 1.165) is 23.4 Å². The molecule has 0 atom stereocenters. The number of rotatable bonds is 9. The summed E-state index contributed by atoms with van der Waals surface area (Å²) in [5.74, 6) is 0.883. The van der Waals surface area contributed by atoms with E-state index in [-0.39, 0.29) is 12.5 Å². The minimum absolute atomic E-state index is 0.112. The van der Waals surface area contributed by atoms with Crippen LogP contribution in [0.5, 0.6) is 0 Å². The van der Waals surface area contributed by atoms with Gasteiger partial charge in [-0.2, -0.15) is 5.26 Å². The third kappa shape index (κ3) is 5.49. The standard InChI is InChI=1S/C20H21N5O2S/c1-2-11-25(14-19-23-24-20(27-19)17-4-3-12-28-17)13-18(26)22-16-7-5-15(6-8-16)9-10-21/h3-8,12H,2,9,11,13-14H2,1H3,(H,22,26). The lowest BCUT2D eigenvalue weighted by atomic mass is 10.1. The van der Waals surface area contributed by atoms with Crippen LogP contribution in [0.3, 0.4) is 0 Å². The first kappa shape index (κ1) is 19.7. The van der Waals surface area contributed by atoms with E-state index in [1.807, 2.05) is 34.5 Å². The topological polar surface area (TPSA) is 95.1 Å². The summed E-state index contributed by atoms with van der Waals surface area (Å²) in [6, 6.07) is 13.3. The summed E-state index contributed by atoms with van der Waals surface area (Å²) in [4.78, 5) is 15.3. The lowest BCUT2D eigenvalue weighted by molar-refractivity contribution is -0.117. The molecular weight excluding hydrogens is 374 g/mol. The predicted octanol–water partition coefficient (Wildman–Crippen LogP) is 3.71. The molecule has 3 rings (SSSR count). The van der Waals surface area contributed by atoms with Gasteiger partial charge in [0.1, 0.15) is 0 Å². The van der Waals surface area contributed by atoms with Gasteiger partial charge in [-0.15, -0.1) is 21.5 Å². The van der Waals surface area contributed by atoms with E-state index in [4.69, 9.17) is 9.68 Å². The molecule has 1 amide bonds. The molecular formula is C20H21N5O2S.